The second-order valence-electron chi connectivity index (χ2n) is 5.84. The van der Waals surface area contributed by atoms with Gasteiger partial charge in [-0.1, -0.05) is 37.3 Å². The summed E-state index contributed by atoms with van der Waals surface area (Å²) in [6.45, 7) is 3.90. The van der Waals surface area contributed by atoms with E-state index in [0.717, 1.165) is 5.56 Å². The van der Waals surface area contributed by atoms with Gasteiger partial charge in [-0.3, -0.25) is 9.59 Å². The van der Waals surface area contributed by atoms with Crippen LogP contribution in [0, 0.1) is 6.92 Å². The van der Waals surface area contributed by atoms with Crippen LogP contribution in [-0.2, 0) is 11.2 Å². The second kappa shape index (κ2) is 7.77. The monoisotopic (exact) mass is 329 g/mol. The Balaban J connectivity index is 2.05. The number of rotatable bonds is 6. The summed E-state index contributed by atoms with van der Waals surface area (Å²) in [6, 6.07) is 9.69. The number of aromatic nitrogens is 2. The summed E-state index contributed by atoms with van der Waals surface area (Å²) < 4.78 is 0. The van der Waals surface area contributed by atoms with Crippen LogP contribution < -0.4 is 5.56 Å². The topological polar surface area (TPSA) is 86.3 Å². The van der Waals surface area contributed by atoms with Gasteiger partial charge in [0.25, 0.3) is 5.56 Å². The van der Waals surface area contributed by atoms with Gasteiger partial charge >= 0.3 is 0 Å². The molecular weight excluding hydrogens is 306 g/mol. The van der Waals surface area contributed by atoms with E-state index in [-0.39, 0.29) is 28.8 Å². The molecule has 128 valence electrons. The van der Waals surface area contributed by atoms with Gasteiger partial charge in [-0.2, -0.15) is 0 Å². The highest BCUT2D eigenvalue weighted by atomic mass is 16.3. The van der Waals surface area contributed by atoms with Crippen LogP contribution in [0.1, 0.15) is 36.2 Å². The van der Waals surface area contributed by atoms with Gasteiger partial charge in [0.15, 0.2) is 0 Å². The van der Waals surface area contributed by atoms with Crippen LogP contribution in [0.3, 0.4) is 0 Å². The zero-order chi connectivity index (χ0) is 17.7. The second-order valence-corrected chi connectivity index (χ2v) is 5.84. The summed E-state index contributed by atoms with van der Waals surface area (Å²) >= 11 is 0. The van der Waals surface area contributed by atoms with Gasteiger partial charge < -0.3 is 15.0 Å². The van der Waals surface area contributed by atoms with Crippen molar-refractivity contribution in [1.29, 1.82) is 0 Å². The van der Waals surface area contributed by atoms with Gasteiger partial charge in [-0.15, -0.1) is 0 Å². The van der Waals surface area contributed by atoms with E-state index in [1.807, 2.05) is 37.3 Å². The van der Waals surface area contributed by atoms with E-state index in [9.17, 15) is 14.7 Å². The minimum atomic E-state index is -0.359. The molecule has 0 aliphatic rings. The summed E-state index contributed by atoms with van der Waals surface area (Å²) in [5, 5.41) is 9.62. The van der Waals surface area contributed by atoms with E-state index >= 15 is 0 Å². The fourth-order valence-corrected chi connectivity index (χ4v) is 2.57. The van der Waals surface area contributed by atoms with Crippen LogP contribution in [0.15, 0.2) is 35.1 Å². The van der Waals surface area contributed by atoms with Gasteiger partial charge in [0.05, 0.1) is 11.5 Å². The average Bonchev–Trinajstić information content (AvgIpc) is 2.58. The van der Waals surface area contributed by atoms with Crippen LogP contribution in [0.5, 0.6) is 5.88 Å². The predicted octanol–water partition coefficient (Wildman–Crippen LogP) is 1.98. The molecule has 0 aliphatic carbocycles. The molecule has 1 aromatic heterocycles. The van der Waals surface area contributed by atoms with E-state index < -0.39 is 0 Å². The lowest BCUT2D eigenvalue weighted by molar-refractivity contribution is -0.131. The predicted molar refractivity (Wildman–Crippen MR) is 92.1 cm³/mol. The molecule has 1 amide bonds. The maximum absolute atomic E-state index is 12.7. The molecule has 0 bridgehead atoms. The number of likely N-dealkylation sites (N-methyl/N-ethyl adjacent to an activating group) is 1. The molecule has 1 heterocycles. The quantitative estimate of drug-likeness (QED) is 0.848. The summed E-state index contributed by atoms with van der Waals surface area (Å²) in [5.41, 5.74) is 0.830. The number of aromatic amines is 1. The highest BCUT2D eigenvalue weighted by molar-refractivity contribution is 5.83. The minimum absolute atomic E-state index is 0.0300. The van der Waals surface area contributed by atoms with Gasteiger partial charge in [0.2, 0.25) is 11.8 Å². The van der Waals surface area contributed by atoms with Crippen molar-refractivity contribution in [2.75, 3.05) is 13.6 Å². The maximum atomic E-state index is 12.7. The summed E-state index contributed by atoms with van der Waals surface area (Å²) in [7, 11) is 1.74. The van der Waals surface area contributed by atoms with Crippen LogP contribution in [-0.4, -0.2) is 39.5 Å². The van der Waals surface area contributed by atoms with Gasteiger partial charge in [0, 0.05) is 20.0 Å². The molecule has 0 aliphatic heterocycles. The first kappa shape index (κ1) is 17.7. The van der Waals surface area contributed by atoms with Crippen molar-refractivity contribution in [3.63, 3.8) is 0 Å². The lowest BCUT2D eigenvalue weighted by atomic mass is 9.95. The smallest absolute Gasteiger partial charge is 0.257 e. The number of hydrogen-bond donors (Lipinski definition) is 2. The average molecular weight is 329 g/mol. The SMILES string of the molecule is CCC(C(=O)N(C)CCc1nc(O)c(C)c(=O)[nH]1)c1ccccc1. The minimum Gasteiger partial charge on any atom is -0.493 e. The van der Waals surface area contributed by atoms with Crippen LogP contribution in [0.25, 0.3) is 0 Å². The van der Waals surface area contributed by atoms with Gasteiger partial charge in [-0.25, -0.2) is 4.98 Å². The molecular formula is C18H23N3O3. The van der Waals surface area contributed by atoms with Crippen molar-refractivity contribution in [2.45, 2.75) is 32.6 Å². The Bertz CT molecular complexity index is 756. The first-order valence-electron chi connectivity index (χ1n) is 8.02. The van der Waals surface area contributed by atoms with E-state index in [4.69, 9.17) is 0 Å². The molecule has 2 N–H and O–H groups in total. The number of hydrogen-bond acceptors (Lipinski definition) is 4. The largest absolute Gasteiger partial charge is 0.493 e. The third-order valence-electron chi connectivity index (χ3n) is 4.14. The van der Waals surface area contributed by atoms with Crippen LogP contribution >= 0.6 is 0 Å². The molecule has 6 nitrogen and oxygen atoms in total. The van der Waals surface area contributed by atoms with Crippen molar-refractivity contribution in [3.8, 4) is 5.88 Å². The van der Waals surface area contributed by atoms with E-state index in [0.29, 0.717) is 25.2 Å². The molecule has 2 aromatic rings. The molecule has 6 heteroatoms. The Labute approximate surface area is 141 Å². The summed E-state index contributed by atoms with van der Waals surface area (Å²) in [6.07, 6.45) is 1.09. The van der Waals surface area contributed by atoms with Crippen molar-refractivity contribution < 1.29 is 9.90 Å². The van der Waals surface area contributed by atoms with Crippen molar-refractivity contribution in [3.05, 3.63) is 57.6 Å². The molecule has 2 rings (SSSR count). The van der Waals surface area contributed by atoms with Gasteiger partial charge in [0.1, 0.15) is 5.82 Å². The Kier molecular flexibility index (Phi) is 5.73. The molecule has 0 radical (unpaired) electrons. The zero-order valence-corrected chi connectivity index (χ0v) is 14.2. The molecule has 0 spiro atoms. The number of nitrogens with one attached hydrogen (secondary N) is 1. The number of H-pyrrole nitrogens is 1. The molecule has 0 saturated carbocycles. The molecule has 0 saturated heterocycles. The van der Waals surface area contributed by atoms with E-state index in [1.54, 1.807) is 11.9 Å². The lowest BCUT2D eigenvalue weighted by Crippen LogP contribution is -2.33. The van der Waals surface area contributed by atoms with Crippen molar-refractivity contribution >= 4 is 5.91 Å². The first-order chi connectivity index (χ1) is 11.4. The molecule has 1 aromatic carbocycles. The van der Waals surface area contributed by atoms with Crippen molar-refractivity contribution in [1.82, 2.24) is 14.9 Å². The van der Waals surface area contributed by atoms with E-state index in [2.05, 4.69) is 9.97 Å². The number of carbonyl (C=O) groups is 1. The normalized spacial score (nSPS) is 12.0. The molecule has 0 fully saturated rings. The zero-order valence-electron chi connectivity index (χ0n) is 14.2. The number of aromatic hydroxyl groups is 1. The molecule has 1 unspecified atom stereocenters. The third kappa shape index (κ3) is 4.01. The Morgan fingerprint density at radius 2 is 2.00 bits per heavy atom. The first-order valence-corrected chi connectivity index (χ1v) is 8.02. The number of amides is 1. The molecule has 24 heavy (non-hydrogen) atoms. The van der Waals surface area contributed by atoms with Crippen molar-refractivity contribution in [2.24, 2.45) is 0 Å². The number of nitrogens with zero attached hydrogens (tertiary/aromatic N) is 2. The highest BCUT2D eigenvalue weighted by Crippen LogP contribution is 2.21. The Morgan fingerprint density at radius 1 is 1.33 bits per heavy atom. The standard InChI is InChI=1S/C18H23N3O3/c1-4-14(13-8-6-5-7-9-13)18(24)21(3)11-10-15-19-16(22)12(2)17(23)20-15/h5-9,14H,4,10-11H2,1-3H3,(H2,19,20,22,23). The van der Waals surface area contributed by atoms with E-state index in [1.165, 1.54) is 6.92 Å². The fraction of sp³-hybridized carbons (Fsp3) is 0.389. The molecule has 1 atom stereocenters. The highest BCUT2D eigenvalue weighted by Gasteiger charge is 2.22. The summed E-state index contributed by atoms with van der Waals surface area (Å²) in [4.78, 5) is 32.5. The van der Waals surface area contributed by atoms with Crippen LogP contribution in [0.2, 0.25) is 0 Å². The summed E-state index contributed by atoms with van der Waals surface area (Å²) in [5.74, 6) is -0.0500. The Hall–Kier alpha value is -2.63. The fourth-order valence-electron chi connectivity index (χ4n) is 2.57. The number of benzene rings is 1. The third-order valence-corrected chi connectivity index (χ3v) is 4.14. The maximum Gasteiger partial charge on any atom is 0.257 e. The lowest BCUT2D eigenvalue weighted by Gasteiger charge is -2.23. The Morgan fingerprint density at radius 3 is 2.58 bits per heavy atom. The van der Waals surface area contributed by atoms with Crippen LogP contribution in [0.4, 0.5) is 0 Å². The number of carbonyl (C=O) groups excluding carboxylic acids is 1. The van der Waals surface area contributed by atoms with Gasteiger partial charge in [-0.05, 0) is 18.9 Å².